The lowest BCUT2D eigenvalue weighted by Gasteiger charge is -2.18. The Balaban J connectivity index is 1.69. The molecule has 1 aliphatic heterocycles. The lowest BCUT2D eigenvalue weighted by atomic mass is 9.99. The third-order valence-electron chi connectivity index (χ3n) is 4.86. The quantitative estimate of drug-likeness (QED) is 0.752. The summed E-state index contributed by atoms with van der Waals surface area (Å²) in [6.45, 7) is 1.85. The number of benzene rings is 2. The summed E-state index contributed by atoms with van der Waals surface area (Å²) in [5, 5.41) is 4.43. The second-order valence-electron chi connectivity index (χ2n) is 6.49. The molecular weight excluding hydrogens is 329 g/mol. The highest BCUT2D eigenvalue weighted by Gasteiger charge is 2.16. The highest BCUT2D eigenvalue weighted by molar-refractivity contribution is 6.07. The van der Waals surface area contributed by atoms with Gasteiger partial charge < -0.3 is 15.2 Å². The number of hydrogen-bond donors (Lipinski definition) is 2. The molecule has 0 radical (unpaired) electrons. The third-order valence-corrected chi connectivity index (χ3v) is 4.86. The number of anilines is 1. The molecular formula is C21H20FN3O. The molecule has 0 spiro atoms. The molecule has 5 heteroatoms. The summed E-state index contributed by atoms with van der Waals surface area (Å²) in [6, 6.07) is 11.6. The summed E-state index contributed by atoms with van der Waals surface area (Å²) in [4.78, 5) is 17.6. The van der Waals surface area contributed by atoms with Gasteiger partial charge in [-0.2, -0.15) is 0 Å². The van der Waals surface area contributed by atoms with Gasteiger partial charge in [-0.05, 0) is 61.0 Å². The molecule has 1 aromatic heterocycles. The van der Waals surface area contributed by atoms with Gasteiger partial charge in [0.25, 0.3) is 5.91 Å². The van der Waals surface area contributed by atoms with Crippen molar-refractivity contribution in [1.82, 2.24) is 10.3 Å². The third kappa shape index (κ3) is 3.02. The Bertz CT molecular complexity index is 988. The smallest absolute Gasteiger partial charge is 0.258 e. The lowest BCUT2D eigenvalue weighted by Crippen LogP contribution is -2.26. The Kier molecular flexibility index (Phi) is 4.31. The topological polar surface area (TPSA) is 48.1 Å². The Morgan fingerprint density at radius 1 is 1.15 bits per heavy atom. The predicted octanol–water partition coefficient (Wildman–Crippen LogP) is 3.96. The SMILES string of the molecule is CN(C(=O)c1ccc(F)cc1)c1ccc2[nH]cc(C3=CCNCC3)c2c1. The number of aromatic nitrogens is 1. The summed E-state index contributed by atoms with van der Waals surface area (Å²) >= 11 is 0. The van der Waals surface area contributed by atoms with Crippen molar-refractivity contribution < 1.29 is 9.18 Å². The van der Waals surface area contributed by atoms with Crippen LogP contribution in [0.3, 0.4) is 0 Å². The average molecular weight is 349 g/mol. The molecule has 0 saturated carbocycles. The first-order chi connectivity index (χ1) is 12.6. The van der Waals surface area contributed by atoms with E-state index in [0.717, 1.165) is 36.1 Å². The van der Waals surface area contributed by atoms with Crippen LogP contribution in [0, 0.1) is 5.82 Å². The van der Waals surface area contributed by atoms with Crippen molar-refractivity contribution in [2.45, 2.75) is 6.42 Å². The fourth-order valence-electron chi connectivity index (χ4n) is 3.35. The number of amides is 1. The normalized spacial score (nSPS) is 14.3. The monoisotopic (exact) mass is 349 g/mol. The van der Waals surface area contributed by atoms with Crippen LogP contribution in [0.5, 0.6) is 0 Å². The standard InChI is InChI=1S/C21H20FN3O/c1-25(21(26)15-2-4-16(22)5-3-15)17-6-7-20-18(12-17)19(13-24-20)14-8-10-23-11-9-14/h2-8,12-13,23-24H,9-11H2,1H3. The van der Waals surface area contributed by atoms with Crippen molar-refractivity contribution in [2.75, 3.05) is 25.0 Å². The molecule has 2 aromatic carbocycles. The summed E-state index contributed by atoms with van der Waals surface area (Å²) in [5.74, 6) is -0.514. The second-order valence-corrected chi connectivity index (χ2v) is 6.49. The van der Waals surface area contributed by atoms with E-state index in [2.05, 4.69) is 16.4 Å². The van der Waals surface area contributed by atoms with E-state index in [1.54, 1.807) is 11.9 Å². The van der Waals surface area contributed by atoms with Crippen LogP contribution >= 0.6 is 0 Å². The van der Waals surface area contributed by atoms with Crippen molar-refractivity contribution in [3.63, 3.8) is 0 Å². The number of nitrogens with zero attached hydrogens (tertiary/aromatic N) is 1. The zero-order valence-electron chi connectivity index (χ0n) is 14.6. The number of halogens is 1. The largest absolute Gasteiger partial charge is 0.361 e. The highest BCUT2D eigenvalue weighted by Crippen LogP contribution is 2.31. The van der Waals surface area contributed by atoms with Crippen LogP contribution < -0.4 is 10.2 Å². The lowest BCUT2D eigenvalue weighted by molar-refractivity contribution is 0.0993. The number of nitrogens with one attached hydrogen (secondary N) is 2. The summed E-state index contributed by atoms with van der Waals surface area (Å²) in [7, 11) is 1.74. The minimum atomic E-state index is -0.349. The number of rotatable bonds is 3. The number of carbonyl (C=O) groups is 1. The molecule has 1 amide bonds. The van der Waals surface area contributed by atoms with Gasteiger partial charge in [0.15, 0.2) is 0 Å². The molecule has 0 atom stereocenters. The van der Waals surface area contributed by atoms with Crippen molar-refractivity contribution in [1.29, 1.82) is 0 Å². The first-order valence-corrected chi connectivity index (χ1v) is 8.68. The Morgan fingerprint density at radius 3 is 2.69 bits per heavy atom. The molecule has 0 unspecified atom stereocenters. The van der Waals surface area contributed by atoms with E-state index in [9.17, 15) is 9.18 Å². The maximum absolute atomic E-state index is 13.1. The number of aromatic amines is 1. The molecule has 26 heavy (non-hydrogen) atoms. The van der Waals surface area contributed by atoms with Crippen LogP contribution in [-0.2, 0) is 0 Å². The molecule has 1 aliphatic rings. The van der Waals surface area contributed by atoms with E-state index < -0.39 is 0 Å². The molecule has 3 aromatic rings. The van der Waals surface area contributed by atoms with Gasteiger partial charge in [-0.15, -0.1) is 0 Å². The predicted molar refractivity (Wildman–Crippen MR) is 103 cm³/mol. The van der Waals surface area contributed by atoms with Crippen LogP contribution in [-0.4, -0.2) is 31.0 Å². The average Bonchev–Trinajstić information content (AvgIpc) is 3.11. The van der Waals surface area contributed by atoms with E-state index in [1.165, 1.54) is 35.4 Å². The van der Waals surface area contributed by atoms with Gasteiger partial charge in [0.1, 0.15) is 5.82 Å². The van der Waals surface area contributed by atoms with Gasteiger partial charge in [-0.25, -0.2) is 4.39 Å². The van der Waals surface area contributed by atoms with E-state index in [4.69, 9.17) is 0 Å². The van der Waals surface area contributed by atoms with Gasteiger partial charge in [-0.1, -0.05) is 6.08 Å². The van der Waals surface area contributed by atoms with Crippen LogP contribution in [0.4, 0.5) is 10.1 Å². The molecule has 0 bridgehead atoms. The summed E-state index contributed by atoms with van der Waals surface area (Å²) in [5.41, 5.74) is 4.82. The van der Waals surface area contributed by atoms with E-state index in [1.807, 2.05) is 24.4 Å². The Hall–Kier alpha value is -2.92. The Morgan fingerprint density at radius 2 is 1.96 bits per heavy atom. The van der Waals surface area contributed by atoms with Gasteiger partial charge >= 0.3 is 0 Å². The molecule has 2 N–H and O–H groups in total. The molecule has 2 heterocycles. The first-order valence-electron chi connectivity index (χ1n) is 8.68. The molecule has 0 aliphatic carbocycles. The van der Waals surface area contributed by atoms with Gasteiger partial charge in [0.2, 0.25) is 0 Å². The molecule has 4 rings (SSSR count). The van der Waals surface area contributed by atoms with Crippen molar-refractivity contribution in [3.05, 3.63) is 71.7 Å². The summed E-state index contributed by atoms with van der Waals surface area (Å²) in [6.07, 6.45) is 5.24. The van der Waals surface area contributed by atoms with Gasteiger partial charge in [0, 0.05) is 47.5 Å². The maximum atomic E-state index is 13.1. The van der Waals surface area contributed by atoms with E-state index in [-0.39, 0.29) is 11.7 Å². The van der Waals surface area contributed by atoms with Crippen molar-refractivity contribution >= 4 is 28.1 Å². The molecule has 0 fully saturated rings. The number of carbonyl (C=O) groups excluding carboxylic acids is 1. The Labute approximate surface area is 151 Å². The van der Waals surface area contributed by atoms with Crippen LogP contribution in [0.15, 0.2) is 54.7 Å². The fourth-order valence-corrected chi connectivity index (χ4v) is 3.35. The van der Waals surface area contributed by atoms with E-state index >= 15 is 0 Å². The van der Waals surface area contributed by atoms with Crippen molar-refractivity contribution in [2.24, 2.45) is 0 Å². The first kappa shape index (κ1) is 16.5. The van der Waals surface area contributed by atoms with Gasteiger partial charge in [-0.3, -0.25) is 4.79 Å². The maximum Gasteiger partial charge on any atom is 0.258 e. The zero-order valence-corrected chi connectivity index (χ0v) is 14.6. The molecule has 132 valence electrons. The van der Waals surface area contributed by atoms with Gasteiger partial charge in [0.05, 0.1) is 0 Å². The molecule has 0 saturated heterocycles. The van der Waals surface area contributed by atoms with E-state index in [0.29, 0.717) is 5.56 Å². The molecule has 4 nitrogen and oxygen atoms in total. The number of hydrogen-bond acceptors (Lipinski definition) is 2. The number of H-pyrrole nitrogens is 1. The minimum absolute atomic E-state index is 0.164. The minimum Gasteiger partial charge on any atom is -0.361 e. The van der Waals surface area contributed by atoms with Crippen molar-refractivity contribution in [3.8, 4) is 0 Å². The fraction of sp³-hybridized carbons (Fsp3) is 0.190. The van der Waals surface area contributed by atoms with Crippen LogP contribution in [0.1, 0.15) is 22.3 Å². The zero-order chi connectivity index (χ0) is 18.1. The highest BCUT2D eigenvalue weighted by atomic mass is 19.1. The number of fused-ring (bicyclic) bond motifs is 1. The van der Waals surface area contributed by atoms with Crippen LogP contribution in [0.25, 0.3) is 16.5 Å². The van der Waals surface area contributed by atoms with Crippen LogP contribution in [0.2, 0.25) is 0 Å². The second kappa shape index (κ2) is 6.77. The summed E-state index contributed by atoms with van der Waals surface area (Å²) < 4.78 is 13.1.